The highest BCUT2D eigenvalue weighted by atomic mass is 19.3. The number of nitriles is 1. The Morgan fingerprint density at radius 3 is 2.52 bits per heavy atom. The highest BCUT2D eigenvalue weighted by Crippen LogP contribution is 2.31. The van der Waals surface area contributed by atoms with Crippen LogP contribution in [0.25, 0.3) is 11.3 Å². The zero-order valence-electron chi connectivity index (χ0n) is 24.5. The van der Waals surface area contributed by atoms with E-state index in [2.05, 4.69) is 43.2 Å². The summed E-state index contributed by atoms with van der Waals surface area (Å²) in [6, 6.07) is 12.8. The molecule has 1 amide bonds. The van der Waals surface area contributed by atoms with Gasteiger partial charge in [0.1, 0.15) is 29.4 Å². The number of pyridine rings is 1. The molecule has 0 radical (unpaired) electrons. The maximum absolute atomic E-state index is 12.7. The van der Waals surface area contributed by atoms with E-state index in [9.17, 15) is 23.9 Å². The van der Waals surface area contributed by atoms with Gasteiger partial charge in [-0.3, -0.25) is 4.79 Å². The van der Waals surface area contributed by atoms with Crippen molar-refractivity contribution >= 4 is 23.4 Å². The summed E-state index contributed by atoms with van der Waals surface area (Å²) < 4.78 is 37.0. The fraction of sp³-hybridized carbons (Fsp3) is 0.433. The molecule has 3 aromatic rings. The molecule has 0 unspecified atom stereocenters. The first kappa shape index (κ1) is 30.8. The second kappa shape index (κ2) is 13.8. The molecule has 2 saturated heterocycles. The Kier molecular flexibility index (Phi) is 9.66. The van der Waals surface area contributed by atoms with E-state index in [4.69, 9.17) is 9.47 Å². The number of aromatic nitrogens is 3. The lowest BCUT2D eigenvalue weighted by Crippen LogP contribution is -2.47. The van der Waals surface area contributed by atoms with Gasteiger partial charge in [0.25, 0.3) is 12.3 Å². The summed E-state index contributed by atoms with van der Waals surface area (Å²) in [6.45, 7) is 4.03. The van der Waals surface area contributed by atoms with Crippen molar-refractivity contribution in [2.45, 2.75) is 31.5 Å². The van der Waals surface area contributed by atoms with Crippen LogP contribution in [-0.2, 0) is 4.79 Å². The lowest BCUT2D eigenvalue weighted by atomic mass is 10.1. The van der Waals surface area contributed by atoms with Crippen molar-refractivity contribution in [3.8, 4) is 29.0 Å². The third-order valence-electron chi connectivity index (χ3n) is 7.71. The Balaban J connectivity index is 1.24. The average molecular weight is 609 g/mol. The molecule has 2 aromatic heterocycles. The molecule has 4 heterocycles. The Morgan fingerprint density at radius 2 is 1.84 bits per heavy atom. The van der Waals surface area contributed by atoms with E-state index in [1.54, 1.807) is 37.6 Å². The van der Waals surface area contributed by atoms with Crippen LogP contribution in [0.3, 0.4) is 0 Å². The highest BCUT2D eigenvalue weighted by Gasteiger charge is 2.33. The maximum atomic E-state index is 12.7. The average Bonchev–Trinajstić information content (AvgIpc) is 3.05. The fourth-order valence-corrected chi connectivity index (χ4v) is 5.18. The summed E-state index contributed by atoms with van der Waals surface area (Å²) in [5.41, 5.74) is 2.48. The number of carbonyl (C=O) groups excluding carboxylic acids is 1. The van der Waals surface area contributed by atoms with Crippen molar-refractivity contribution in [2.24, 2.45) is 0 Å². The van der Waals surface area contributed by atoms with Gasteiger partial charge in [0.2, 0.25) is 11.8 Å². The molecule has 2 aliphatic heterocycles. The van der Waals surface area contributed by atoms with Crippen molar-refractivity contribution in [2.75, 3.05) is 63.6 Å². The predicted molar refractivity (Wildman–Crippen MR) is 158 cm³/mol. The van der Waals surface area contributed by atoms with Crippen LogP contribution >= 0.6 is 0 Å². The predicted octanol–water partition coefficient (Wildman–Crippen LogP) is 2.91. The molecule has 12 nitrogen and oxygen atoms in total. The number of hydrogen-bond acceptors (Lipinski definition) is 11. The van der Waals surface area contributed by atoms with Crippen LogP contribution in [0.15, 0.2) is 42.6 Å². The second-order valence-electron chi connectivity index (χ2n) is 10.7. The standard InChI is InChI=1S/C30H34F2N8O4/c1-38-13-15-39(16-14-38)23-4-6-25(36-28(23)43-2)37-30-34-10-7-22(35-30)19-3-5-24(20(17-19)18-33)44-21-8-11-40(12-9-21)29(42)26(41)27(31)32/h3-7,10,17,21,26-27,41H,8-9,11-16H2,1-2H3,(H,34,35,36,37)/t26-/m0/s1. The number of piperazine rings is 1. The van der Waals surface area contributed by atoms with Gasteiger partial charge in [0, 0.05) is 63.9 Å². The monoisotopic (exact) mass is 608 g/mol. The van der Waals surface area contributed by atoms with E-state index in [0.29, 0.717) is 53.1 Å². The van der Waals surface area contributed by atoms with Crippen molar-refractivity contribution < 1.29 is 28.2 Å². The number of carbonyl (C=O) groups is 1. The first-order valence-corrected chi connectivity index (χ1v) is 14.3. The molecule has 232 valence electrons. The van der Waals surface area contributed by atoms with E-state index >= 15 is 0 Å². The number of nitrogens with one attached hydrogen (secondary N) is 1. The summed E-state index contributed by atoms with van der Waals surface area (Å²) in [7, 11) is 3.69. The number of aliphatic hydroxyl groups excluding tert-OH is 1. The molecule has 2 fully saturated rings. The van der Waals surface area contributed by atoms with E-state index in [-0.39, 0.29) is 19.2 Å². The Hall–Kier alpha value is -4.61. The molecular formula is C30H34F2N8O4. The Morgan fingerprint density at radius 1 is 1.09 bits per heavy atom. The SMILES string of the molecule is COc1nc(Nc2nccc(-c3ccc(OC4CCN(C(=O)[C@@H](O)C(F)F)CC4)c(C#N)c3)n2)ccc1N1CCN(C)CC1. The normalized spacial score (nSPS) is 16.8. The number of ether oxygens (including phenoxy) is 2. The molecular weight excluding hydrogens is 574 g/mol. The number of piperidine rings is 1. The van der Waals surface area contributed by atoms with E-state index < -0.39 is 18.4 Å². The van der Waals surface area contributed by atoms with Gasteiger partial charge in [0.05, 0.1) is 18.4 Å². The zero-order valence-corrected chi connectivity index (χ0v) is 24.5. The van der Waals surface area contributed by atoms with Crippen LogP contribution in [0.1, 0.15) is 18.4 Å². The lowest BCUT2D eigenvalue weighted by molar-refractivity contribution is -0.150. The molecule has 1 aromatic carbocycles. The van der Waals surface area contributed by atoms with Crippen LogP contribution in [0.2, 0.25) is 0 Å². The molecule has 0 saturated carbocycles. The number of likely N-dealkylation sites (tertiary alicyclic amines) is 1. The molecule has 1 atom stereocenters. The van der Waals surface area contributed by atoms with Crippen LogP contribution in [0.5, 0.6) is 11.6 Å². The van der Waals surface area contributed by atoms with Crippen molar-refractivity contribution in [1.29, 1.82) is 5.26 Å². The summed E-state index contributed by atoms with van der Waals surface area (Å²) in [4.78, 5) is 31.3. The molecule has 0 spiro atoms. The number of amides is 1. The number of likely N-dealkylation sites (N-methyl/N-ethyl adjacent to an activating group) is 1. The molecule has 14 heteroatoms. The summed E-state index contributed by atoms with van der Waals surface area (Å²) in [5.74, 6) is 0.735. The summed E-state index contributed by atoms with van der Waals surface area (Å²) in [6.07, 6.45) is -3.41. The molecule has 2 N–H and O–H groups in total. The van der Waals surface area contributed by atoms with E-state index in [0.717, 1.165) is 31.9 Å². The number of hydrogen-bond donors (Lipinski definition) is 2. The lowest BCUT2D eigenvalue weighted by Gasteiger charge is -2.34. The number of nitrogens with zero attached hydrogens (tertiary/aromatic N) is 7. The Labute approximate surface area is 253 Å². The minimum absolute atomic E-state index is 0.170. The first-order chi connectivity index (χ1) is 21.2. The number of methoxy groups -OCH3 is 1. The Bertz CT molecular complexity index is 1500. The second-order valence-corrected chi connectivity index (χ2v) is 10.7. The van der Waals surface area contributed by atoms with Gasteiger partial charge in [-0.25, -0.2) is 18.7 Å². The van der Waals surface area contributed by atoms with Gasteiger partial charge in [-0.05, 0) is 43.4 Å². The van der Waals surface area contributed by atoms with Crippen LogP contribution in [-0.4, -0.2) is 108 Å². The smallest absolute Gasteiger partial charge is 0.273 e. The van der Waals surface area contributed by atoms with Crippen LogP contribution < -0.4 is 19.7 Å². The third-order valence-corrected chi connectivity index (χ3v) is 7.71. The molecule has 0 bridgehead atoms. The van der Waals surface area contributed by atoms with Crippen LogP contribution in [0.4, 0.5) is 26.2 Å². The maximum Gasteiger partial charge on any atom is 0.273 e. The van der Waals surface area contributed by atoms with Crippen molar-refractivity contribution in [1.82, 2.24) is 24.8 Å². The van der Waals surface area contributed by atoms with Gasteiger partial charge >= 0.3 is 0 Å². The molecule has 2 aliphatic rings. The van der Waals surface area contributed by atoms with Gasteiger partial charge in [-0.15, -0.1) is 0 Å². The van der Waals surface area contributed by atoms with Crippen molar-refractivity contribution in [3.63, 3.8) is 0 Å². The molecule has 44 heavy (non-hydrogen) atoms. The summed E-state index contributed by atoms with van der Waals surface area (Å²) in [5, 5.41) is 22.3. The third kappa shape index (κ3) is 7.12. The van der Waals surface area contributed by atoms with Gasteiger partial charge < -0.3 is 34.6 Å². The van der Waals surface area contributed by atoms with E-state index in [1.807, 2.05) is 12.1 Å². The van der Waals surface area contributed by atoms with Gasteiger partial charge in [-0.1, -0.05) is 0 Å². The minimum Gasteiger partial charge on any atom is -0.489 e. The summed E-state index contributed by atoms with van der Waals surface area (Å²) >= 11 is 0. The first-order valence-electron chi connectivity index (χ1n) is 14.3. The minimum atomic E-state index is -3.13. The largest absolute Gasteiger partial charge is 0.489 e. The zero-order chi connectivity index (χ0) is 31.2. The number of benzene rings is 1. The molecule has 5 rings (SSSR count). The number of rotatable bonds is 9. The quantitative estimate of drug-likeness (QED) is 0.371. The van der Waals surface area contributed by atoms with Crippen LogP contribution in [0, 0.1) is 11.3 Å². The number of aliphatic hydroxyl groups is 1. The number of alkyl halides is 2. The molecule has 0 aliphatic carbocycles. The van der Waals surface area contributed by atoms with Crippen molar-refractivity contribution in [3.05, 3.63) is 48.2 Å². The number of halogens is 2. The topological polar surface area (TPSA) is 140 Å². The highest BCUT2D eigenvalue weighted by molar-refractivity contribution is 5.81. The fourth-order valence-electron chi connectivity index (χ4n) is 5.18. The van der Waals surface area contributed by atoms with Gasteiger partial charge in [-0.2, -0.15) is 10.2 Å². The number of anilines is 3. The van der Waals surface area contributed by atoms with Gasteiger partial charge in [0.15, 0.2) is 6.10 Å². The van der Waals surface area contributed by atoms with E-state index in [1.165, 1.54) is 4.90 Å².